The number of halogens is 1. The Balaban J connectivity index is 1.61. The fourth-order valence-electron chi connectivity index (χ4n) is 3.15. The molecule has 25 heavy (non-hydrogen) atoms. The number of piperidine rings is 1. The molecule has 0 spiro atoms. The lowest BCUT2D eigenvalue weighted by molar-refractivity contribution is -0.120. The molecule has 0 saturated carbocycles. The van der Waals surface area contributed by atoms with Crippen LogP contribution in [0.1, 0.15) is 29.8 Å². The van der Waals surface area contributed by atoms with E-state index in [9.17, 15) is 4.79 Å². The standard InChI is InChI=1S/C19H23ClN4O/c1-12-4-5-16(20)11-17(12)23-18(25)15-6-8-24(9-7-15)19-21-13(2)10-14(3)22-19/h4-5,10-11,15H,6-9H2,1-3H3,(H,23,25). The lowest BCUT2D eigenvalue weighted by Crippen LogP contribution is -2.39. The molecule has 1 aliphatic heterocycles. The van der Waals surface area contributed by atoms with Crippen molar-refractivity contribution < 1.29 is 4.79 Å². The topological polar surface area (TPSA) is 58.1 Å². The van der Waals surface area contributed by atoms with Crippen LogP contribution in [0.5, 0.6) is 0 Å². The van der Waals surface area contributed by atoms with Gasteiger partial charge in [-0.3, -0.25) is 4.79 Å². The van der Waals surface area contributed by atoms with Crippen LogP contribution >= 0.6 is 11.6 Å². The van der Waals surface area contributed by atoms with Crippen LogP contribution in [-0.2, 0) is 4.79 Å². The number of rotatable bonds is 3. The fraction of sp³-hybridized carbons (Fsp3) is 0.421. The molecule has 1 fully saturated rings. The first-order chi connectivity index (χ1) is 11.9. The van der Waals surface area contributed by atoms with Crippen LogP contribution in [0.4, 0.5) is 11.6 Å². The van der Waals surface area contributed by atoms with Crippen molar-refractivity contribution in [3.63, 3.8) is 0 Å². The Morgan fingerprint density at radius 3 is 2.40 bits per heavy atom. The average molecular weight is 359 g/mol. The van der Waals surface area contributed by atoms with E-state index in [1.807, 2.05) is 39.0 Å². The second-order valence-corrected chi connectivity index (χ2v) is 7.10. The monoisotopic (exact) mass is 358 g/mol. The lowest BCUT2D eigenvalue weighted by atomic mass is 9.96. The second-order valence-electron chi connectivity index (χ2n) is 6.66. The summed E-state index contributed by atoms with van der Waals surface area (Å²) in [7, 11) is 0. The van der Waals surface area contributed by atoms with Crippen molar-refractivity contribution >= 4 is 29.1 Å². The zero-order valence-corrected chi connectivity index (χ0v) is 15.6. The first-order valence-electron chi connectivity index (χ1n) is 8.56. The van der Waals surface area contributed by atoms with Crippen molar-refractivity contribution in [1.29, 1.82) is 0 Å². The van der Waals surface area contributed by atoms with Gasteiger partial charge in [0, 0.05) is 41.1 Å². The van der Waals surface area contributed by atoms with Crippen LogP contribution in [0, 0.1) is 26.7 Å². The van der Waals surface area contributed by atoms with Crippen LogP contribution in [0.2, 0.25) is 5.02 Å². The molecule has 6 heteroatoms. The minimum absolute atomic E-state index is 0.000498. The number of amides is 1. The van der Waals surface area contributed by atoms with Gasteiger partial charge < -0.3 is 10.2 Å². The van der Waals surface area contributed by atoms with Crippen molar-refractivity contribution in [2.24, 2.45) is 5.92 Å². The first-order valence-corrected chi connectivity index (χ1v) is 8.94. The van der Waals surface area contributed by atoms with Crippen molar-refractivity contribution in [2.75, 3.05) is 23.3 Å². The van der Waals surface area contributed by atoms with Gasteiger partial charge in [-0.05, 0) is 57.4 Å². The molecule has 0 unspecified atom stereocenters. The maximum absolute atomic E-state index is 12.6. The molecule has 0 aliphatic carbocycles. The van der Waals surface area contributed by atoms with E-state index in [2.05, 4.69) is 20.2 Å². The zero-order chi connectivity index (χ0) is 18.0. The van der Waals surface area contributed by atoms with E-state index in [0.29, 0.717) is 5.02 Å². The summed E-state index contributed by atoms with van der Waals surface area (Å²) < 4.78 is 0. The van der Waals surface area contributed by atoms with E-state index in [1.165, 1.54) is 0 Å². The van der Waals surface area contributed by atoms with Crippen molar-refractivity contribution in [2.45, 2.75) is 33.6 Å². The summed E-state index contributed by atoms with van der Waals surface area (Å²) in [6.45, 7) is 7.49. The third kappa shape index (κ3) is 4.28. The minimum Gasteiger partial charge on any atom is -0.341 e. The number of carbonyl (C=O) groups excluding carboxylic acids is 1. The molecule has 132 valence electrons. The molecule has 0 atom stereocenters. The molecule has 0 radical (unpaired) electrons. The summed E-state index contributed by atoms with van der Waals surface area (Å²) in [5.74, 6) is 0.828. The Labute approximate surface area is 153 Å². The fourth-order valence-corrected chi connectivity index (χ4v) is 3.33. The molecule has 2 aromatic rings. The molecule has 1 saturated heterocycles. The highest BCUT2D eigenvalue weighted by Crippen LogP contribution is 2.25. The van der Waals surface area contributed by atoms with Gasteiger partial charge in [0.1, 0.15) is 0 Å². The van der Waals surface area contributed by atoms with E-state index < -0.39 is 0 Å². The van der Waals surface area contributed by atoms with Gasteiger partial charge in [0.05, 0.1) is 0 Å². The SMILES string of the molecule is Cc1cc(C)nc(N2CCC(C(=O)Nc3cc(Cl)ccc3C)CC2)n1. The van der Waals surface area contributed by atoms with E-state index in [4.69, 9.17) is 11.6 Å². The molecule has 1 N–H and O–H groups in total. The Morgan fingerprint density at radius 2 is 1.76 bits per heavy atom. The number of nitrogens with zero attached hydrogens (tertiary/aromatic N) is 3. The number of benzene rings is 1. The first kappa shape index (κ1) is 17.7. The van der Waals surface area contributed by atoms with Gasteiger partial charge in [-0.25, -0.2) is 9.97 Å². The number of aryl methyl sites for hydroxylation is 3. The molecule has 1 aromatic heterocycles. The Bertz CT molecular complexity index is 765. The number of hydrogen-bond acceptors (Lipinski definition) is 4. The molecule has 0 bridgehead atoms. The molecule has 1 amide bonds. The number of hydrogen-bond donors (Lipinski definition) is 1. The quantitative estimate of drug-likeness (QED) is 0.903. The normalized spacial score (nSPS) is 15.3. The largest absolute Gasteiger partial charge is 0.341 e. The van der Waals surface area contributed by atoms with Crippen LogP contribution in [0.15, 0.2) is 24.3 Å². The summed E-state index contributed by atoms with van der Waals surface area (Å²) in [4.78, 5) is 23.8. The molecule has 5 nitrogen and oxygen atoms in total. The summed E-state index contributed by atoms with van der Waals surface area (Å²) >= 11 is 6.03. The highest BCUT2D eigenvalue weighted by molar-refractivity contribution is 6.31. The number of aromatic nitrogens is 2. The second kappa shape index (κ2) is 7.40. The number of anilines is 2. The van der Waals surface area contributed by atoms with Crippen LogP contribution in [-0.4, -0.2) is 29.0 Å². The van der Waals surface area contributed by atoms with E-state index in [-0.39, 0.29) is 11.8 Å². The molecular weight excluding hydrogens is 336 g/mol. The van der Waals surface area contributed by atoms with Gasteiger partial charge in [-0.2, -0.15) is 0 Å². The molecule has 3 rings (SSSR count). The van der Waals surface area contributed by atoms with Gasteiger partial charge >= 0.3 is 0 Å². The summed E-state index contributed by atoms with van der Waals surface area (Å²) in [5.41, 5.74) is 3.74. The summed E-state index contributed by atoms with van der Waals surface area (Å²) in [6, 6.07) is 7.51. The average Bonchev–Trinajstić information content (AvgIpc) is 2.57. The van der Waals surface area contributed by atoms with Gasteiger partial charge in [0.15, 0.2) is 0 Å². The molecule has 2 heterocycles. The van der Waals surface area contributed by atoms with Gasteiger partial charge in [0.2, 0.25) is 11.9 Å². The number of carbonyl (C=O) groups is 1. The van der Waals surface area contributed by atoms with Crippen LogP contribution < -0.4 is 10.2 Å². The van der Waals surface area contributed by atoms with Crippen molar-refractivity contribution in [3.05, 3.63) is 46.2 Å². The molecule has 1 aliphatic rings. The summed E-state index contributed by atoms with van der Waals surface area (Å²) in [5, 5.41) is 3.65. The highest BCUT2D eigenvalue weighted by Gasteiger charge is 2.26. The van der Waals surface area contributed by atoms with Gasteiger partial charge in [-0.15, -0.1) is 0 Å². The number of nitrogens with one attached hydrogen (secondary N) is 1. The van der Waals surface area contributed by atoms with Crippen molar-refractivity contribution in [3.8, 4) is 0 Å². The third-order valence-electron chi connectivity index (χ3n) is 4.58. The van der Waals surface area contributed by atoms with Gasteiger partial charge in [-0.1, -0.05) is 17.7 Å². The van der Waals surface area contributed by atoms with Crippen LogP contribution in [0.25, 0.3) is 0 Å². The van der Waals surface area contributed by atoms with E-state index in [0.717, 1.165) is 54.5 Å². The maximum atomic E-state index is 12.6. The third-order valence-corrected chi connectivity index (χ3v) is 4.81. The molecule has 1 aromatic carbocycles. The maximum Gasteiger partial charge on any atom is 0.227 e. The van der Waals surface area contributed by atoms with Gasteiger partial charge in [0.25, 0.3) is 0 Å². The minimum atomic E-state index is 0.000498. The van der Waals surface area contributed by atoms with Crippen molar-refractivity contribution in [1.82, 2.24) is 9.97 Å². The van der Waals surface area contributed by atoms with E-state index >= 15 is 0 Å². The Kier molecular flexibility index (Phi) is 5.23. The Morgan fingerprint density at radius 1 is 1.12 bits per heavy atom. The smallest absolute Gasteiger partial charge is 0.227 e. The Hall–Kier alpha value is -2.14. The predicted octanol–water partition coefficient (Wildman–Crippen LogP) is 3.91. The zero-order valence-electron chi connectivity index (χ0n) is 14.8. The summed E-state index contributed by atoms with van der Waals surface area (Å²) in [6.07, 6.45) is 1.59. The van der Waals surface area contributed by atoms with Crippen LogP contribution in [0.3, 0.4) is 0 Å². The predicted molar refractivity (Wildman–Crippen MR) is 101 cm³/mol. The van der Waals surface area contributed by atoms with E-state index in [1.54, 1.807) is 6.07 Å². The molecular formula is C19H23ClN4O. The highest BCUT2D eigenvalue weighted by atomic mass is 35.5. The lowest BCUT2D eigenvalue weighted by Gasteiger charge is -2.31.